The van der Waals surface area contributed by atoms with Crippen molar-refractivity contribution in [3.8, 4) is 11.3 Å². The van der Waals surface area contributed by atoms with Crippen LogP contribution >= 0.6 is 12.4 Å². The number of hydrogen-bond acceptors (Lipinski definition) is 4. The third kappa shape index (κ3) is 4.41. The summed E-state index contributed by atoms with van der Waals surface area (Å²) in [5.41, 5.74) is 4.99. The topological polar surface area (TPSA) is 69.6 Å². The lowest BCUT2D eigenvalue weighted by molar-refractivity contribution is -0.141. The molecule has 5 nitrogen and oxygen atoms in total. The largest absolute Gasteiger partial charge is 0.435 e. The van der Waals surface area contributed by atoms with E-state index in [2.05, 4.69) is 15.1 Å². The molecule has 122 valence electrons. The number of nitrogens with zero attached hydrogens (tertiary/aromatic N) is 4. The van der Waals surface area contributed by atoms with E-state index in [0.29, 0.717) is 17.1 Å². The third-order valence-electron chi connectivity index (χ3n) is 2.70. The smallest absolute Gasteiger partial charge is 0.324 e. The minimum atomic E-state index is -4.51. The van der Waals surface area contributed by atoms with E-state index in [-0.39, 0.29) is 19.0 Å². The summed E-state index contributed by atoms with van der Waals surface area (Å²) in [6, 6.07) is 0.986. The number of aromatic nitrogens is 4. The van der Waals surface area contributed by atoms with Crippen LogP contribution in [0.15, 0.2) is 18.5 Å². The van der Waals surface area contributed by atoms with Crippen molar-refractivity contribution < 1.29 is 13.2 Å². The van der Waals surface area contributed by atoms with Crippen molar-refractivity contribution in [3.63, 3.8) is 0 Å². The summed E-state index contributed by atoms with van der Waals surface area (Å²) >= 11 is 0. The van der Waals surface area contributed by atoms with Crippen molar-refractivity contribution in [3.05, 3.63) is 30.0 Å². The Bertz CT molecular complexity index is 629. The van der Waals surface area contributed by atoms with Gasteiger partial charge in [-0.25, -0.2) is 9.97 Å². The fraction of sp³-hybridized carbons (Fsp3) is 0.462. The summed E-state index contributed by atoms with van der Waals surface area (Å²) < 4.78 is 39.8. The van der Waals surface area contributed by atoms with Gasteiger partial charge in [-0.1, -0.05) is 0 Å². The first-order valence-corrected chi connectivity index (χ1v) is 6.29. The molecule has 0 fully saturated rings. The van der Waals surface area contributed by atoms with Gasteiger partial charge < -0.3 is 5.73 Å². The van der Waals surface area contributed by atoms with E-state index in [1.165, 1.54) is 17.1 Å². The zero-order valence-electron chi connectivity index (χ0n) is 12.3. The molecule has 2 aromatic rings. The van der Waals surface area contributed by atoms with Gasteiger partial charge in [-0.05, 0) is 26.8 Å². The van der Waals surface area contributed by atoms with Crippen molar-refractivity contribution in [1.29, 1.82) is 0 Å². The predicted molar refractivity (Wildman–Crippen MR) is 78.5 cm³/mol. The first-order chi connectivity index (χ1) is 9.56. The molecule has 9 heteroatoms. The maximum Gasteiger partial charge on any atom is 0.435 e. The molecule has 2 aromatic heterocycles. The van der Waals surface area contributed by atoms with Crippen LogP contribution < -0.4 is 5.73 Å². The molecule has 0 unspecified atom stereocenters. The summed E-state index contributed by atoms with van der Waals surface area (Å²) in [7, 11) is 0. The van der Waals surface area contributed by atoms with Crippen LogP contribution in [-0.2, 0) is 12.7 Å². The predicted octanol–water partition coefficient (Wildman–Crippen LogP) is 2.83. The first-order valence-electron chi connectivity index (χ1n) is 6.29. The molecular weight excluding hydrogens is 319 g/mol. The van der Waals surface area contributed by atoms with Gasteiger partial charge in [-0.2, -0.15) is 18.3 Å². The summed E-state index contributed by atoms with van der Waals surface area (Å²) in [4.78, 5) is 8.00. The monoisotopic (exact) mass is 335 g/mol. The van der Waals surface area contributed by atoms with E-state index in [9.17, 15) is 13.2 Å². The number of rotatable bonds is 3. The lowest BCUT2D eigenvalue weighted by Crippen LogP contribution is -2.37. The SMILES string of the molecule is Cc1ncc(-c2cc(C(F)(F)F)nn2CC(C)(C)N)cn1.Cl. The summed E-state index contributed by atoms with van der Waals surface area (Å²) in [6.45, 7) is 5.28. The normalized spacial score (nSPS) is 12.1. The van der Waals surface area contributed by atoms with Crippen molar-refractivity contribution >= 4 is 12.4 Å². The molecule has 0 bridgehead atoms. The highest BCUT2D eigenvalue weighted by Gasteiger charge is 2.35. The van der Waals surface area contributed by atoms with Gasteiger partial charge in [0.15, 0.2) is 5.69 Å². The molecular formula is C13H17ClF3N5. The molecule has 0 spiro atoms. The molecule has 0 aliphatic heterocycles. The molecule has 0 saturated carbocycles. The maximum absolute atomic E-state index is 12.9. The lowest BCUT2D eigenvalue weighted by atomic mass is 10.1. The second-order valence-electron chi connectivity index (χ2n) is 5.58. The van der Waals surface area contributed by atoms with Crippen molar-refractivity contribution in [2.45, 2.75) is 39.0 Å². The van der Waals surface area contributed by atoms with Crippen LogP contribution in [0.3, 0.4) is 0 Å². The number of halogens is 4. The molecule has 0 aromatic carbocycles. The fourth-order valence-corrected chi connectivity index (χ4v) is 1.82. The van der Waals surface area contributed by atoms with Gasteiger partial charge in [-0.15, -0.1) is 12.4 Å². The molecule has 2 heterocycles. The van der Waals surface area contributed by atoms with E-state index in [1.54, 1.807) is 20.8 Å². The number of nitrogens with two attached hydrogens (primary N) is 1. The highest BCUT2D eigenvalue weighted by molar-refractivity contribution is 5.85. The van der Waals surface area contributed by atoms with Crippen LogP contribution in [0.1, 0.15) is 25.4 Å². The van der Waals surface area contributed by atoms with Gasteiger partial charge in [-0.3, -0.25) is 4.68 Å². The molecule has 2 rings (SSSR count). The second-order valence-corrected chi connectivity index (χ2v) is 5.58. The van der Waals surface area contributed by atoms with E-state index in [1.807, 2.05) is 0 Å². The zero-order chi connectivity index (χ0) is 15.8. The van der Waals surface area contributed by atoms with Crippen LogP contribution in [0.5, 0.6) is 0 Å². The van der Waals surface area contributed by atoms with Crippen LogP contribution in [0, 0.1) is 6.92 Å². The Morgan fingerprint density at radius 3 is 2.18 bits per heavy atom. The second kappa shape index (κ2) is 6.21. The van der Waals surface area contributed by atoms with Crippen LogP contribution in [0.4, 0.5) is 13.2 Å². The van der Waals surface area contributed by atoms with Gasteiger partial charge in [0, 0.05) is 23.5 Å². The van der Waals surface area contributed by atoms with Gasteiger partial charge in [0.1, 0.15) is 5.82 Å². The lowest BCUT2D eigenvalue weighted by Gasteiger charge is -2.20. The average molecular weight is 336 g/mol. The van der Waals surface area contributed by atoms with Gasteiger partial charge in [0.25, 0.3) is 0 Å². The Balaban J connectivity index is 0.00000242. The number of alkyl halides is 3. The summed E-state index contributed by atoms with van der Waals surface area (Å²) in [5, 5.41) is 3.62. The third-order valence-corrected chi connectivity index (χ3v) is 2.70. The Kier molecular flexibility index (Phi) is 5.19. The molecule has 0 atom stereocenters. The first kappa shape index (κ1) is 18.4. The Labute approximate surface area is 132 Å². The van der Waals surface area contributed by atoms with Gasteiger partial charge in [0.05, 0.1) is 12.2 Å². The maximum atomic E-state index is 12.9. The molecule has 0 amide bonds. The molecule has 0 radical (unpaired) electrons. The van der Waals surface area contributed by atoms with Crippen molar-refractivity contribution in [2.75, 3.05) is 0 Å². The van der Waals surface area contributed by atoms with E-state index in [0.717, 1.165) is 6.07 Å². The summed E-state index contributed by atoms with van der Waals surface area (Å²) in [6.07, 6.45) is -1.57. The fourth-order valence-electron chi connectivity index (χ4n) is 1.82. The van der Waals surface area contributed by atoms with E-state index in [4.69, 9.17) is 5.73 Å². The van der Waals surface area contributed by atoms with Crippen molar-refractivity contribution in [1.82, 2.24) is 19.7 Å². The molecule has 22 heavy (non-hydrogen) atoms. The highest BCUT2D eigenvalue weighted by atomic mass is 35.5. The zero-order valence-corrected chi connectivity index (χ0v) is 13.2. The van der Waals surface area contributed by atoms with E-state index < -0.39 is 17.4 Å². The Hall–Kier alpha value is -1.67. The van der Waals surface area contributed by atoms with Gasteiger partial charge >= 0.3 is 6.18 Å². The molecule has 0 saturated heterocycles. The quantitative estimate of drug-likeness (QED) is 0.936. The minimum absolute atomic E-state index is 0. The highest BCUT2D eigenvalue weighted by Crippen LogP contribution is 2.31. The Morgan fingerprint density at radius 2 is 1.73 bits per heavy atom. The van der Waals surface area contributed by atoms with Crippen LogP contribution in [0.2, 0.25) is 0 Å². The minimum Gasteiger partial charge on any atom is -0.324 e. The average Bonchev–Trinajstić information content (AvgIpc) is 2.71. The van der Waals surface area contributed by atoms with Crippen LogP contribution in [0.25, 0.3) is 11.3 Å². The summed E-state index contributed by atoms with van der Waals surface area (Å²) in [5.74, 6) is 0.542. The van der Waals surface area contributed by atoms with Gasteiger partial charge in [0.2, 0.25) is 0 Å². The van der Waals surface area contributed by atoms with Crippen LogP contribution in [-0.4, -0.2) is 25.3 Å². The standard InChI is InChI=1S/C13H16F3N5.ClH/c1-8-18-5-9(6-19-8)10-4-11(13(14,15)16)20-21(10)7-12(2,3)17;/h4-6H,7,17H2,1-3H3;1H. The van der Waals surface area contributed by atoms with Crippen molar-refractivity contribution in [2.24, 2.45) is 5.73 Å². The van der Waals surface area contributed by atoms with E-state index >= 15 is 0 Å². The molecule has 2 N–H and O–H groups in total. The Morgan fingerprint density at radius 1 is 1.18 bits per heavy atom. The number of hydrogen-bond donors (Lipinski definition) is 1. The number of aryl methyl sites for hydroxylation is 1. The molecule has 0 aliphatic rings. The molecule has 0 aliphatic carbocycles.